The fourth-order valence-electron chi connectivity index (χ4n) is 1.56. The third kappa shape index (κ3) is 7.45. The number of carbonyl (C=O) groups is 1. The van der Waals surface area contributed by atoms with Crippen LogP contribution in [-0.2, 0) is 9.47 Å². The number of rotatable bonds is 9. The van der Waals surface area contributed by atoms with Crippen LogP contribution in [0.4, 0.5) is 0 Å². The molecule has 19 heavy (non-hydrogen) atoms. The maximum Gasteiger partial charge on any atom is 0.162 e. The minimum atomic E-state index is 0.162. The molecule has 0 saturated heterocycles. The maximum atomic E-state index is 11.8. The van der Waals surface area contributed by atoms with E-state index in [-0.39, 0.29) is 11.9 Å². The number of Topliss-reactive ketones (excluding diaryl/α,β-unsaturated/α-hetero) is 1. The van der Waals surface area contributed by atoms with Gasteiger partial charge in [-0.3, -0.25) is 4.79 Å². The van der Waals surface area contributed by atoms with E-state index in [1.807, 2.05) is 38.1 Å². The zero-order chi connectivity index (χ0) is 14.1. The Morgan fingerprint density at radius 1 is 1.16 bits per heavy atom. The van der Waals surface area contributed by atoms with Gasteiger partial charge in [0.15, 0.2) is 5.78 Å². The van der Waals surface area contributed by atoms with E-state index < -0.39 is 0 Å². The molecule has 106 valence electrons. The second-order valence-electron chi connectivity index (χ2n) is 4.57. The van der Waals surface area contributed by atoms with Crippen LogP contribution in [0.15, 0.2) is 28.7 Å². The summed E-state index contributed by atoms with van der Waals surface area (Å²) in [6, 6.07) is 7.44. The predicted molar refractivity (Wildman–Crippen MR) is 79.6 cm³/mol. The van der Waals surface area contributed by atoms with Gasteiger partial charge in [0, 0.05) is 23.1 Å². The molecule has 0 aliphatic heterocycles. The highest BCUT2D eigenvalue weighted by Crippen LogP contribution is 2.12. The van der Waals surface area contributed by atoms with E-state index in [0.29, 0.717) is 26.2 Å². The normalized spacial score (nSPS) is 10.9. The SMILES string of the molecule is CC(C)OCCOCCCC(=O)c1ccc(Br)cc1. The number of ketones is 1. The van der Waals surface area contributed by atoms with Gasteiger partial charge in [-0.25, -0.2) is 0 Å². The van der Waals surface area contributed by atoms with Crippen molar-refractivity contribution >= 4 is 21.7 Å². The second kappa shape index (κ2) is 9.23. The highest BCUT2D eigenvalue weighted by Gasteiger charge is 2.05. The molecule has 0 radical (unpaired) electrons. The van der Waals surface area contributed by atoms with Crippen molar-refractivity contribution < 1.29 is 14.3 Å². The lowest BCUT2D eigenvalue weighted by Crippen LogP contribution is -2.10. The molecule has 0 aliphatic carbocycles. The lowest BCUT2D eigenvalue weighted by molar-refractivity contribution is 0.0188. The van der Waals surface area contributed by atoms with Gasteiger partial charge in [-0.15, -0.1) is 0 Å². The summed E-state index contributed by atoms with van der Waals surface area (Å²) in [6.45, 7) is 5.79. The summed E-state index contributed by atoms with van der Waals surface area (Å²) in [4.78, 5) is 11.8. The number of hydrogen-bond acceptors (Lipinski definition) is 3. The van der Waals surface area contributed by atoms with Crippen LogP contribution in [-0.4, -0.2) is 31.7 Å². The Bertz CT molecular complexity index is 373. The zero-order valence-electron chi connectivity index (χ0n) is 11.5. The summed E-state index contributed by atoms with van der Waals surface area (Å²) in [5.74, 6) is 0.162. The van der Waals surface area contributed by atoms with E-state index in [1.54, 1.807) is 0 Å². The average Bonchev–Trinajstić information content (AvgIpc) is 2.38. The van der Waals surface area contributed by atoms with Crippen molar-refractivity contribution in [2.75, 3.05) is 19.8 Å². The fourth-order valence-corrected chi connectivity index (χ4v) is 1.82. The minimum absolute atomic E-state index is 0.162. The van der Waals surface area contributed by atoms with Crippen molar-refractivity contribution in [3.05, 3.63) is 34.3 Å². The van der Waals surface area contributed by atoms with Crippen molar-refractivity contribution in [3.8, 4) is 0 Å². The molecule has 0 fully saturated rings. The molecule has 0 heterocycles. The molecule has 0 saturated carbocycles. The van der Waals surface area contributed by atoms with Crippen LogP contribution in [0.1, 0.15) is 37.0 Å². The van der Waals surface area contributed by atoms with Gasteiger partial charge in [-0.2, -0.15) is 0 Å². The fraction of sp³-hybridized carbons (Fsp3) is 0.533. The van der Waals surface area contributed by atoms with Gasteiger partial charge in [0.1, 0.15) is 0 Å². The van der Waals surface area contributed by atoms with Gasteiger partial charge < -0.3 is 9.47 Å². The largest absolute Gasteiger partial charge is 0.379 e. The van der Waals surface area contributed by atoms with E-state index in [9.17, 15) is 4.79 Å². The Morgan fingerprint density at radius 2 is 1.84 bits per heavy atom. The summed E-state index contributed by atoms with van der Waals surface area (Å²) in [7, 11) is 0. The number of benzene rings is 1. The van der Waals surface area contributed by atoms with Gasteiger partial charge in [0.05, 0.1) is 19.3 Å². The van der Waals surface area contributed by atoms with Gasteiger partial charge in [0.25, 0.3) is 0 Å². The highest BCUT2D eigenvalue weighted by atomic mass is 79.9. The van der Waals surface area contributed by atoms with Gasteiger partial charge >= 0.3 is 0 Å². The summed E-state index contributed by atoms with van der Waals surface area (Å²) in [5.41, 5.74) is 0.756. The molecular weight excluding hydrogens is 308 g/mol. The summed E-state index contributed by atoms with van der Waals surface area (Å²) >= 11 is 3.35. The predicted octanol–water partition coefficient (Wildman–Crippen LogP) is 3.85. The number of ether oxygens (including phenoxy) is 2. The van der Waals surface area contributed by atoms with Crippen LogP contribution in [0, 0.1) is 0 Å². The van der Waals surface area contributed by atoms with Crippen LogP contribution in [0.3, 0.4) is 0 Å². The average molecular weight is 329 g/mol. The Hall–Kier alpha value is -0.710. The monoisotopic (exact) mass is 328 g/mol. The number of carbonyl (C=O) groups excluding carboxylic acids is 1. The molecule has 1 aromatic carbocycles. The maximum absolute atomic E-state index is 11.8. The molecule has 0 bridgehead atoms. The third-order valence-corrected chi connectivity index (χ3v) is 3.07. The number of hydrogen-bond donors (Lipinski definition) is 0. The lowest BCUT2D eigenvalue weighted by Gasteiger charge is -2.07. The molecule has 3 nitrogen and oxygen atoms in total. The first-order chi connectivity index (χ1) is 9.09. The Morgan fingerprint density at radius 3 is 2.47 bits per heavy atom. The van der Waals surface area contributed by atoms with Crippen LogP contribution in [0.5, 0.6) is 0 Å². The van der Waals surface area contributed by atoms with Crippen LogP contribution in [0.25, 0.3) is 0 Å². The summed E-state index contributed by atoms with van der Waals surface area (Å²) in [6.07, 6.45) is 1.51. The molecule has 4 heteroatoms. The van der Waals surface area contributed by atoms with Crippen molar-refractivity contribution in [3.63, 3.8) is 0 Å². The van der Waals surface area contributed by atoms with Crippen LogP contribution >= 0.6 is 15.9 Å². The first-order valence-electron chi connectivity index (χ1n) is 6.57. The van der Waals surface area contributed by atoms with E-state index in [0.717, 1.165) is 16.5 Å². The molecule has 0 N–H and O–H groups in total. The Kier molecular flexibility index (Phi) is 7.94. The van der Waals surface area contributed by atoms with Crippen LogP contribution < -0.4 is 0 Å². The van der Waals surface area contributed by atoms with Gasteiger partial charge in [0.2, 0.25) is 0 Å². The summed E-state index contributed by atoms with van der Waals surface area (Å²) < 4.78 is 11.7. The standard InChI is InChI=1S/C15H21BrO3/c1-12(2)19-11-10-18-9-3-4-15(17)13-5-7-14(16)8-6-13/h5-8,12H,3-4,9-11H2,1-2H3. The molecule has 0 atom stereocenters. The van der Waals surface area contributed by atoms with E-state index in [2.05, 4.69) is 15.9 Å². The quantitative estimate of drug-likeness (QED) is 0.510. The Labute approximate surface area is 123 Å². The molecule has 0 unspecified atom stereocenters. The van der Waals surface area contributed by atoms with Crippen molar-refractivity contribution in [1.82, 2.24) is 0 Å². The van der Waals surface area contributed by atoms with E-state index >= 15 is 0 Å². The topological polar surface area (TPSA) is 35.5 Å². The van der Waals surface area contributed by atoms with E-state index in [4.69, 9.17) is 9.47 Å². The van der Waals surface area contributed by atoms with Gasteiger partial charge in [-0.1, -0.05) is 28.1 Å². The van der Waals surface area contributed by atoms with Crippen molar-refractivity contribution in [2.24, 2.45) is 0 Å². The molecule has 1 rings (SSSR count). The van der Waals surface area contributed by atoms with E-state index in [1.165, 1.54) is 0 Å². The van der Waals surface area contributed by atoms with Gasteiger partial charge in [-0.05, 0) is 32.4 Å². The second-order valence-corrected chi connectivity index (χ2v) is 5.48. The molecule has 1 aromatic rings. The molecule has 0 spiro atoms. The molecule has 0 amide bonds. The van der Waals surface area contributed by atoms with Crippen molar-refractivity contribution in [2.45, 2.75) is 32.8 Å². The number of halogens is 1. The summed E-state index contributed by atoms with van der Waals surface area (Å²) in [5, 5.41) is 0. The molecule has 0 aromatic heterocycles. The smallest absolute Gasteiger partial charge is 0.162 e. The zero-order valence-corrected chi connectivity index (χ0v) is 13.1. The lowest BCUT2D eigenvalue weighted by atomic mass is 10.1. The third-order valence-electron chi connectivity index (χ3n) is 2.54. The molecule has 0 aliphatic rings. The van der Waals surface area contributed by atoms with Crippen molar-refractivity contribution in [1.29, 1.82) is 0 Å². The Balaban J connectivity index is 2.09. The first kappa shape index (κ1) is 16.3. The minimum Gasteiger partial charge on any atom is -0.379 e. The van der Waals surface area contributed by atoms with Crippen LogP contribution in [0.2, 0.25) is 0 Å². The molecular formula is C15H21BrO3. The highest BCUT2D eigenvalue weighted by molar-refractivity contribution is 9.10. The first-order valence-corrected chi connectivity index (χ1v) is 7.37.